The zero-order chi connectivity index (χ0) is 52.6. The number of aromatic nitrogens is 4. The van der Waals surface area contributed by atoms with Crippen LogP contribution in [0.3, 0.4) is 0 Å². The molecule has 2 aliphatic heterocycles. The van der Waals surface area contributed by atoms with Crippen molar-refractivity contribution in [3.8, 4) is 44.5 Å². The fourth-order valence-corrected chi connectivity index (χ4v) is 11.4. The van der Waals surface area contributed by atoms with Crippen LogP contribution in [-0.4, -0.2) is 9.97 Å². The van der Waals surface area contributed by atoms with E-state index in [9.17, 15) is 19.2 Å². The van der Waals surface area contributed by atoms with Crippen LogP contribution in [0.4, 0.5) is 0 Å². The molecule has 7 aromatic heterocycles. The van der Waals surface area contributed by atoms with Crippen LogP contribution in [0.5, 0.6) is 0 Å². The summed E-state index contributed by atoms with van der Waals surface area (Å²) in [6.07, 6.45) is 6.57. The first-order chi connectivity index (χ1) is 36.6. The summed E-state index contributed by atoms with van der Waals surface area (Å²) in [4.78, 5) is 78.6. The normalized spacial score (nSPS) is 12.2. The Hall–Kier alpha value is -7.90. The molecular weight excluding hydrogens is 1110 g/mol. The molecule has 0 aliphatic carbocycles. The van der Waals surface area contributed by atoms with Crippen molar-refractivity contribution in [3.05, 3.63) is 204 Å². The van der Waals surface area contributed by atoms with Gasteiger partial charge in [-0.3, -0.25) is 0 Å². The number of hydrogen-bond acceptors (Lipinski definition) is 10. The van der Waals surface area contributed by atoms with Gasteiger partial charge in [-0.1, -0.05) is 117 Å². The topological polar surface area (TPSA) is 175 Å². The summed E-state index contributed by atoms with van der Waals surface area (Å²) >= 11 is 29.3. The Morgan fingerprint density at radius 1 is 0.338 bits per heavy atom. The molecule has 0 spiro atoms. The number of aryl methyl sites for hydroxylation is 4. The minimum absolute atomic E-state index is 0. The Bertz CT molecular complexity index is 4370. The van der Waals surface area contributed by atoms with Crippen LogP contribution in [0, 0.1) is 27.7 Å². The first kappa shape index (κ1) is 49.9. The maximum atomic E-state index is 14.5. The third-order valence-electron chi connectivity index (χ3n) is 13.6. The van der Waals surface area contributed by atoms with Crippen molar-refractivity contribution >= 4 is 137 Å². The third kappa shape index (κ3) is 8.06. The quantitative estimate of drug-likeness (QED) is 0.121. The molecule has 370 valence electrons. The van der Waals surface area contributed by atoms with E-state index in [0.29, 0.717) is 21.5 Å². The van der Waals surface area contributed by atoms with Crippen molar-refractivity contribution in [3.63, 3.8) is 0 Å². The summed E-state index contributed by atoms with van der Waals surface area (Å²) in [5, 5.41) is 2.03. The van der Waals surface area contributed by atoms with Crippen molar-refractivity contribution < 1.29 is 37.1 Å². The van der Waals surface area contributed by atoms with E-state index in [0.717, 1.165) is 22.3 Å². The van der Waals surface area contributed by atoms with Crippen molar-refractivity contribution in [2.24, 2.45) is 0 Å². The molecule has 4 aromatic carbocycles. The van der Waals surface area contributed by atoms with E-state index in [-0.39, 0.29) is 151 Å². The van der Waals surface area contributed by atoms with Crippen molar-refractivity contribution in [1.29, 1.82) is 0 Å². The summed E-state index contributed by atoms with van der Waals surface area (Å²) in [5.74, 6) is 0. The maximum absolute atomic E-state index is 14.5. The van der Waals surface area contributed by atoms with Crippen molar-refractivity contribution in [1.82, 2.24) is 19.9 Å². The third-order valence-corrected chi connectivity index (χ3v) is 15.2. The molecule has 0 saturated heterocycles. The van der Waals surface area contributed by atoms with E-state index in [1.807, 2.05) is 27.7 Å². The van der Waals surface area contributed by atoms with E-state index in [1.165, 1.54) is 0 Å². The molecule has 0 amide bonds. The molecule has 9 heterocycles. The average molecular weight is 1140 g/mol. The van der Waals surface area contributed by atoms with Gasteiger partial charge in [0.25, 0.3) is 0 Å². The van der Waals surface area contributed by atoms with Crippen LogP contribution < -0.4 is 32.5 Å². The molecule has 77 heavy (non-hydrogen) atoms. The summed E-state index contributed by atoms with van der Waals surface area (Å²) in [6.45, 7) is 7.54. The average Bonchev–Trinajstić information content (AvgIpc) is 4.38. The molecule has 17 heteroatoms. The van der Waals surface area contributed by atoms with E-state index in [4.69, 9.17) is 84.0 Å². The Kier molecular flexibility index (Phi) is 12.1. The summed E-state index contributed by atoms with van der Waals surface area (Å²) < 4.78 is 23.9. The first-order valence-corrected chi connectivity index (χ1v) is 25.1. The van der Waals surface area contributed by atoms with E-state index < -0.39 is 22.5 Å². The van der Waals surface area contributed by atoms with Gasteiger partial charge < -0.3 is 27.6 Å². The molecule has 8 bridgehead atoms. The molecule has 13 rings (SSSR count). The molecule has 11 aromatic rings. The van der Waals surface area contributed by atoms with E-state index >= 15 is 0 Å². The maximum Gasteiger partial charge on any atom is 2.00 e. The Morgan fingerprint density at radius 3 is 0.779 bits per heavy atom. The summed E-state index contributed by atoms with van der Waals surface area (Å²) in [5.41, 5.74) is 2.88. The van der Waals surface area contributed by atoms with Gasteiger partial charge in [-0.2, -0.15) is 0 Å². The minimum Gasteiger partial charge on any atom is -0.657 e. The molecule has 0 saturated carbocycles. The van der Waals surface area contributed by atoms with Crippen LogP contribution >= 0.6 is 46.4 Å². The number of nitrogens with zero attached hydrogens (tertiary/aromatic N) is 4. The van der Waals surface area contributed by atoms with Crippen molar-refractivity contribution in [2.75, 3.05) is 0 Å². The predicted octanol–water partition coefficient (Wildman–Crippen LogP) is 14.9. The number of hydrogen-bond donors (Lipinski definition) is 0. The van der Waals surface area contributed by atoms with Gasteiger partial charge in [0.2, 0.25) is 0 Å². The molecule has 0 N–H and O–H groups in total. The second kappa shape index (κ2) is 18.7. The van der Waals surface area contributed by atoms with Gasteiger partial charge in [0.1, 0.15) is 22.3 Å². The predicted molar refractivity (Wildman–Crippen MR) is 302 cm³/mol. The zero-order valence-corrected chi connectivity index (χ0v) is 46.8. The number of benzene rings is 4. The van der Waals surface area contributed by atoms with Gasteiger partial charge in [0.05, 0.1) is 65.1 Å². The van der Waals surface area contributed by atoms with Crippen LogP contribution in [-0.2, 0) is 19.5 Å². The Morgan fingerprint density at radius 2 is 0.558 bits per heavy atom. The molecule has 0 unspecified atom stereocenters. The Balaban J connectivity index is 0.00000596. The molecule has 0 radical (unpaired) electrons. The number of halogens is 4. The summed E-state index contributed by atoms with van der Waals surface area (Å²) in [6, 6.07) is 27.6. The van der Waals surface area contributed by atoms with Gasteiger partial charge in [-0.15, -0.1) is 22.1 Å². The fourth-order valence-electron chi connectivity index (χ4n) is 10.1. The van der Waals surface area contributed by atoms with Gasteiger partial charge in [0, 0.05) is 43.8 Å². The molecule has 12 nitrogen and oxygen atoms in total. The molecular formula is C60H32Cl4N4O8Zn. The van der Waals surface area contributed by atoms with Gasteiger partial charge >= 0.3 is 42.0 Å². The Labute approximate surface area is 466 Å². The molecule has 0 fully saturated rings. The monoisotopic (exact) mass is 1140 g/mol. The molecule has 2 aliphatic rings. The van der Waals surface area contributed by atoms with Crippen LogP contribution in [0.25, 0.3) is 135 Å². The van der Waals surface area contributed by atoms with Crippen LogP contribution in [0.15, 0.2) is 134 Å². The standard InChI is InChI=1S/C60H32Cl4N4O8.Zn/c1-25-5-17-41-29(21-25)53(61)49(57(69)73-41)45-33-9-11-35(65-33)46(50-54(62)30-22-26(2)6-18-42(30)74-58(50)70)37-13-15-39(67-37)48(52-56(64)32-24-28(4)8-20-44(32)76-60(52)72)40-16-14-38(68-40)47(36-12-10-34(45)66-36)51-55(63)31-23-27(3)7-19-43(31)75-59(51)71;/h5-24H,1-4H3;/q-2;+2. The van der Waals surface area contributed by atoms with Gasteiger partial charge in [0.15, 0.2) is 0 Å². The second-order valence-electron chi connectivity index (χ2n) is 18.7. The smallest absolute Gasteiger partial charge is 0.657 e. The fraction of sp³-hybridized carbons (Fsp3) is 0.0667. The van der Waals surface area contributed by atoms with E-state index in [1.54, 1.807) is 121 Å². The first-order valence-electron chi connectivity index (χ1n) is 23.6. The zero-order valence-electron chi connectivity index (χ0n) is 40.8. The number of fused-ring (bicyclic) bond motifs is 12. The largest absolute Gasteiger partial charge is 2.00 e. The van der Waals surface area contributed by atoms with E-state index in [2.05, 4.69) is 0 Å². The summed E-state index contributed by atoms with van der Waals surface area (Å²) in [7, 11) is 0. The van der Waals surface area contributed by atoms with Gasteiger partial charge in [-0.25, -0.2) is 29.1 Å². The van der Waals surface area contributed by atoms with Crippen LogP contribution in [0.1, 0.15) is 45.0 Å². The van der Waals surface area contributed by atoms with Gasteiger partial charge in [-0.05, 0) is 101 Å². The van der Waals surface area contributed by atoms with Crippen LogP contribution in [0.2, 0.25) is 20.1 Å². The number of rotatable bonds is 4. The molecule has 0 atom stereocenters. The SMILES string of the molecule is Cc1ccc2oc(=O)c(-c3c4nc(c(-c5c(Cl)c6cc(C)ccc6oc5=O)c5ccc([n-]5)c(-c5c(Cl)c6cc(C)ccc6oc5=O)c5nc(c(-c6c(Cl)c7cc(C)ccc7oc6=O)c6ccc3[n-]6)C=C5)C=C4)c(Cl)c2c1.[Zn+2]. The minimum atomic E-state index is -0.796. The second-order valence-corrected chi connectivity index (χ2v) is 20.2. The van der Waals surface area contributed by atoms with Crippen molar-refractivity contribution in [2.45, 2.75) is 27.7 Å².